The van der Waals surface area contributed by atoms with Gasteiger partial charge < -0.3 is 19.7 Å². The van der Waals surface area contributed by atoms with Crippen molar-refractivity contribution in [3.05, 3.63) is 18.7 Å². The van der Waals surface area contributed by atoms with Gasteiger partial charge in [-0.3, -0.25) is 0 Å². The van der Waals surface area contributed by atoms with Crippen LogP contribution in [0, 0.1) is 5.92 Å². The fourth-order valence-electron chi connectivity index (χ4n) is 3.27. The molecule has 24 heavy (non-hydrogen) atoms. The minimum Gasteiger partial charge on any atom is -0.338 e. The Morgan fingerprint density at radius 1 is 1.25 bits per heavy atom. The van der Waals surface area contributed by atoms with Crippen molar-refractivity contribution >= 4 is 6.03 Å². The Kier molecular flexibility index (Phi) is 8.08. The number of rotatable bonds is 9. The van der Waals surface area contributed by atoms with E-state index in [-0.39, 0.29) is 6.03 Å². The number of hydrogen-bond acceptors (Lipinski definition) is 3. The highest BCUT2D eigenvalue weighted by molar-refractivity contribution is 5.74. The first kappa shape index (κ1) is 18.8. The maximum Gasteiger partial charge on any atom is 0.317 e. The number of urea groups is 1. The Morgan fingerprint density at radius 2 is 2.04 bits per heavy atom. The number of aromatic nitrogens is 2. The molecule has 0 bridgehead atoms. The van der Waals surface area contributed by atoms with Crippen LogP contribution < -0.4 is 5.32 Å². The highest BCUT2D eigenvalue weighted by atomic mass is 16.2. The van der Waals surface area contributed by atoms with Crippen molar-refractivity contribution in [2.75, 3.05) is 40.3 Å². The van der Waals surface area contributed by atoms with Crippen molar-refractivity contribution in [2.24, 2.45) is 5.92 Å². The first-order chi connectivity index (χ1) is 11.6. The van der Waals surface area contributed by atoms with Gasteiger partial charge in [0, 0.05) is 45.1 Å². The predicted molar refractivity (Wildman–Crippen MR) is 96.9 cm³/mol. The number of likely N-dealkylation sites (N-methyl/N-ethyl adjacent to an activating group) is 1. The summed E-state index contributed by atoms with van der Waals surface area (Å²) >= 11 is 0. The van der Waals surface area contributed by atoms with Crippen LogP contribution in [0.5, 0.6) is 0 Å². The smallest absolute Gasteiger partial charge is 0.317 e. The Labute approximate surface area is 146 Å². The molecule has 6 nitrogen and oxygen atoms in total. The molecule has 0 spiro atoms. The molecule has 1 heterocycles. The van der Waals surface area contributed by atoms with E-state index in [4.69, 9.17) is 0 Å². The van der Waals surface area contributed by atoms with E-state index in [2.05, 4.69) is 29.3 Å². The lowest BCUT2D eigenvalue weighted by molar-refractivity contribution is 0.171. The van der Waals surface area contributed by atoms with Gasteiger partial charge in [-0.15, -0.1) is 0 Å². The third-order valence-corrected chi connectivity index (χ3v) is 4.74. The Morgan fingerprint density at radius 3 is 2.71 bits per heavy atom. The van der Waals surface area contributed by atoms with Crippen molar-refractivity contribution < 1.29 is 4.79 Å². The van der Waals surface area contributed by atoms with Gasteiger partial charge in [0.15, 0.2) is 0 Å². The summed E-state index contributed by atoms with van der Waals surface area (Å²) in [5.74, 6) is 0.678. The molecule has 1 fully saturated rings. The Hall–Kier alpha value is -1.56. The van der Waals surface area contributed by atoms with E-state index >= 15 is 0 Å². The van der Waals surface area contributed by atoms with Crippen LogP contribution >= 0.6 is 0 Å². The molecule has 0 saturated heterocycles. The number of carbonyl (C=O) groups excluding carboxylic acids is 1. The standard InChI is InChI=1S/C18H33N5O/c1-21(2)13-14-23(15-17-7-4-3-5-8-17)18(24)20-9-6-11-22-12-10-19-16-22/h10,12,16-17H,3-9,11,13-15H2,1-2H3,(H,20,24). The number of carbonyl (C=O) groups is 1. The number of nitrogens with zero attached hydrogens (tertiary/aromatic N) is 4. The van der Waals surface area contributed by atoms with Gasteiger partial charge in [-0.25, -0.2) is 9.78 Å². The average Bonchev–Trinajstić information content (AvgIpc) is 3.09. The van der Waals surface area contributed by atoms with Crippen LogP contribution in [0.4, 0.5) is 4.79 Å². The van der Waals surface area contributed by atoms with E-state index in [1.54, 1.807) is 6.20 Å². The molecule has 0 unspecified atom stereocenters. The van der Waals surface area contributed by atoms with Crippen LogP contribution in [0.15, 0.2) is 18.7 Å². The van der Waals surface area contributed by atoms with Crippen molar-refractivity contribution in [1.29, 1.82) is 0 Å². The van der Waals surface area contributed by atoms with E-state index in [1.807, 2.05) is 22.0 Å². The monoisotopic (exact) mass is 335 g/mol. The van der Waals surface area contributed by atoms with Crippen LogP contribution in [-0.2, 0) is 6.54 Å². The summed E-state index contributed by atoms with van der Waals surface area (Å²) in [7, 11) is 4.11. The summed E-state index contributed by atoms with van der Waals surface area (Å²) in [6.45, 7) is 4.22. The van der Waals surface area contributed by atoms with Crippen LogP contribution in [0.1, 0.15) is 38.5 Å². The number of hydrogen-bond donors (Lipinski definition) is 1. The normalized spacial score (nSPS) is 15.6. The van der Waals surface area contributed by atoms with Gasteiger partial charge in [0.05, 0.1) is 6.33 Å². The number of imidazole rings is 1. The van der Waals surface area contributed by atoms with Crippen molar-refractivity contribution in [1.82, 2.24) is 24.7 Å². The van der Waals surface area contributed by atoms with Gasteiger partial charge in [-0.05, 0) is 39.3 Å². The molecular formula is C18H33N5O. The molecule has 1 N–H and O–H groups in total. The Bertz CT molecular complexity index is 454. The highest BCUT2D eigenvalue weighted by Crippen LogP contribution is 2.24. The summed E-state index contributed by atoms with van der Waals surface area (Å²) < 4.78 is 2.04. The Balaban J connectivity index is 1.74. The fourth-order valence-corrected chi connectivity index (χ4v) is 3.27. The molecule has 1 saturated carbocycles. The van der Waals surface area contributed by atoms with Crippen LogP contribution in [0.3, 0.4) is 0 Å². The summed E-state index contributed by atoms with van der Waals surface area (Å²) in [4.78, 5) is 20.8. The molecule has 0 radical (unpaired) electrons. The molecular weight excluding hydrogens is 302 g/mol. The van der Waals surface area contributed by atoms with E-state index in [0.29, 0.717) is 12.5 Å². The average molecular weight is 335 g/mol. The second-order valence-corrected chi connectivity index (χ2v) is 7.14. The number of nitrogens with one attached hydrogen (secondary N) is 1. The summed E-state index contributed by atoms with van der Waals surface area (Å²) in [5.41, 5.74) is 0. The molecule has 0 atom stereocenters. The largest absolute Gasteiger partial charge is 0.338 e. The van der Waals surface area contributed by atoms with E-state index in [9.17, 15) is 4.79 Å². The van der Waals surface area contributed by atoms with Crippen molar-refractivity contribution in [2.45, 2.75) is 45.1 Å². The van der Waals surface area contributed by atoms with E-state index in [1.165, 1.54) is 32.1 Å². The quantitative estimate of drug-likeness (QED) is 0.705. The molecule has 1 aromatic rings. The zero-order chi connectivity index (χ0) is 17.2. The minimum atomic E-state index is 0.0908. The fraction of sp³-hybridized carbons (Fsp3) is 0.778. The second kappa shape index (κ2) is 10.3. The molecule has 1 aliphatic carbocycles. The van der Waals surface area contributed by atoms with E-state index < -0.39 is 0 Å². The third-order valence-electron chi connectivity index (χ3n) is 4.74. The van der Waals surface area contributed by atoms with Gasteiger partial charge in [-0.2, -0.15) is 0 Å². The molecule has 0 aromatic carbocycles. The van der Waals surface area contributed by atoms with Crippen LogP contribution in [-0.4, -0.2) is 65.7 Å². The third kappa shape index (κ3) is 6.91. The van der Waals surface area contributed by atoms with Gasteiger partial charge in [-0.1, -0.05) is 19.3 Å². The first-order valence-corrected chi connectivity index (χ1v) is 9.28. The zero-order valence-corrected chi connectivity index (χ0v) is 15.3. The summed E-state index contributed by atoms with van der Waals surface area (Å²) in [6, 6.07) is 0.0908. The van der Waals surface area contributed by atoms with Gasteiger partial charge in [0.25, 0.3) is 0 Å². The maximum atomic E-state index is 12.6. The van der Waals surface area contributed by atoms with Crippen LogP contribution in [0.25, 0.3) is 0 Å². The van der Waals surface area contributed by atoms with Crippen molar-refractivity contribution in [3.8, 4) is 0 Å². The maximum absolute atomic E-state index is 12.6. The van der Waals surface area contributed by atoms with E-state index in [0.717, 1.165) is 32.6 Å². The number of aryl methyl sites for hydroxylation is 1. The zero-order valence-electron chi connectivity index (χ0n) is 15.3. The van der Waals surface area contributed by atoms with Crippen molar-refractivity contribution in [3.63, 3.8) is 0 Å². The summed E-state index contributed by atoms with van der Waals surface area (Å²) in [6.07, 6.45) is 13.0. The van der Waals surface area contributed by atoms with Gasteiger partial charge in [0.2, 0.25) is 0 Å². The molecule has 2 rings (SSSR count). The molecule has 136 valence electrons. The topological polar surface area (TPSA) is 53.4 Å². The molecule has 1 aliphatic rings. The lowest BCUT2D eigenvalue weighted by Crippen LogP contribution is -2.45. The molecule has 6 heteroatoms. The molecule has 2 amide bonds. The molecule has 0 aliphatic heterocycles. The highest BCUT2D eigenvalue weighted by Gasteiger charge is 2.20. The first-order valence-electron chi connectivity index (χ1n) is 9.28. The van der Waals surface area contributed by atoms with Crippen LogP contribution in [0.2, 0.25) is 0 Å². The van der Waals surface area contributed by atoms with Gasteiger partial charge in [0.1, 0.15) is 0 Å². The second-order valence-electron chi connectivity index (χ2n) is 7.14. The lowest BCUT2D eigenvalue weighted by atomic mass is 9.89. The predicted octanol–water partition coefficient (Wildman–Crippen LogP) is 2.43. The SMILES string of the molecule is CN(C)CCN(CC1CCCCC1)C(=O)NCCCn1ccnc1. The van der Waals surface area contributed by atoms with Gasteiger partial charge >= 0.3 is 6.03 Å². The molecule has 1 aromatic heterocycles. The lowest BCUT2D eigenvalue weighted by Gasteiger charge is -2.30. The minimum absolute atomic E-state index is 0.0908. The summed E-state index contributed by atoms with van der Waals surface area (Å²) in [5, 5.41) is 3.09. The number of amides is 2.